The SMILES string of the molecule is Cc1ccccc1SCC(O)CCCC1CCCO1. The van der Waals surface area contributed by atoms with Crippen molar-refractivity contribution in [1.82, 2.24) is 0 Å². The lowest BCUT2D eigenvalue weighted by Gasteiger charge is -2.13. The Kier molecular flexibility index (Phi) is 6.21. The van der Waals surface area contributed by atoms with Crippen molar-refractivity contribution in [3.05, 3.63) is 29.8 Å². The number of aryl methyl sites for hydroxylation is 1. The molecule has 1 heterocycles. The molecule has 0 bridgehead atoms. The van der Waals surface area contributed by atoms with Gasteiger partial charge >= 0.3 is 0 Å². The van der Waals surface area contributed by atoms with Crippen LogP contribution in [0.15, 0.2) is 29.2 Å². The van der Waals surface area contributed by atoms with Crippen molar-refractivity contribution in [3.8, 4) is 0 Å². The predicted octanol–water partition coefficient (Wildman–Crippen LogP) is 3.80. The van der Waals surface area contributed by atoms with Gasteiger partial charge in [-0.3, -0.25) is 0 Å². The van der Waals surface area contributed by atoms with Gasteiger partial charge in [0.2, 0.25) is 0 Å². The minimum Gasteiger partial charge on any atom is -0.392 e. The molecule has 2 nitrogen and oxygen atoms in total. The second kappa shape index (κ2) is 7.93. The van der Waals surface area contributed by atoms with Crippen LogP contribution in [0.4, 0.5) is 0 Å². The Labute approximate surface area is 120 Å². The predicted molar refractivity (Wildman–Crippen MR) is 80.7 cm³/mol. The van der Waals surface area contributed by atoms with Gasteiger partial charge in [0.15, 0.2) is 0 Å². The van der Waals surface area contributed by atoms with Gasteiger partial charge in [-0.2, -0.15) is 0 Å². The number of ether oxygens (including phenoxy) is 1. The van der Waals surface area contributed by atoms with Gasteiger partial charge in [0.05, 0.1) is 12.2 Å². The molecule has 1 aromatic carbocycles. The summed E-state index contributed by atoms with van der Waals surface area (Å²) in [6.07, 6.45) is 5.72. The molecule has 1 N–H and O–H groups in total. The van der Waals surface area contributed by atoms with E-state index >= 15 is 0 Å². The summed E-state index contributed by atoms with van der Waals surface area (Å²) in [5.74, 6) is 0.788. The van der Waals surface area contributed by atoms with E-state index in [9.17, 15) is 5.11 Å². The molecule has 1 fully saturated rings. The molecule has 0 amide bonds. The Morgan fingerprint density at radius 3 is 3.00 bits per heavy atom. The zero-order valence-corrected chi connectivity index (χ0v) is 12.5. The molecule has 0 radical (unpaired) electrons. The zero-order valence-electron chi connectivity index (χ0n) is 11.7. The van der Waals surface area contributed by atoms with Gasteiger partial charge in [-0.15, -0.1) is 11.8 Å². The Balaban J connectivity index is 1.61. The number of hydrogen-bond donors (Lipinski definition) is 1. The standard InChI is InChI=1S/C16H24O2S/c1-13-6-2-3-10-16(13)19-12-14(17)7-4-8-15-9-5-11-18-15/h2-3,6,10,14-15,17H,4-5,7-9,11-12H2,1H3. The molecule has 1 saturated heterocycles. The van der Waals surface area contributed by atoms with E-state index in [1.807, 2.05) is 0 Å². The monoisotopic (exact) mass is 280 g/mol. The van der Waals surface area contributed by atoms with Gasteiger partial charge in [-0.25, -0.2) is 0 Å². The summed E-state index contributed by atoms with van der Waals surface area (Å²) < 4.78 is 5.59. The van der Waals surface area contributed by atoms with Gasteiger partial charge in [0.25, 0.3) is 0 Å². The van der Waals surface area contributed by atoms with Crippen molar-refractivity contribution in [1.29, 1.82) is 0 Å². The molecular weight excluding hydrogens is 256 g/mol. The van der Waals surface area contributed by atoms with Crippen molar-refractivity contribution in [2.24, 2.45) is 0 Å². The topological polar surface area (TPSA) is 29.5 Å². The number of aliphatic hydroxyl groups excluding tert-OH is 1. The van der Waals surface area contributed by atoms with Crippen molar-refractivity contribution in [2.75, 3.05) is 12.4 Å². The van der Waals surface area contributed by atoms with Gasteiger partial charge in [0, 0.05) is 17.3 Å². The van der Waals surface area contributed by atoms with Crippen LogP contribution in [-0.4, -0.2) is 29.7 Å². The molecule has 1 aliphatic rings. The van der Waals surface area contributed by atoms with Crippen LogP contribution in [0, 0.1) is 6.92 Å². The minimum atomic E-state index is -0.203. The van der Waals surface area contributed by atoms with E-state index in [0.717, 1.165) is 31.6 Å². The first-order valence-corrected chi connectivity index (χ1v) is 8.22. The number of benzene rings is 1. The summed E-state index contributed by atoms with van der Waals surface area (Å²) >= 11 is 1.76. The lowest BCUT2D eigenvalue weighted by atomic mass is 10.1. The molecule has 2 atom stereocenters. The fourth-order valence-electron chi connectivity index (χ4n) is 2.44. The summed E-state index contributed by atoms with van der Waals surface area (Å²) in [6.45, 7) is 3.04. The summed E-state index contributed by atoms with van der Waals surface area (Å²) in [6, 6.07) is 8.35. The molecule has 19 heavy (non-hydrogen) atoms. The van der Waals surface area contributed by atoms with Crippen LogP contribution < -0.4 is 0 Å². The highest BCUT2D eigenvalue weighted by Crippen LogP contribution is 2.24. The smallest absolute Gasteiger partial charge is 0.0634 e. The number of hydrogen-bond acceptors (Lipinski definition) is 3. The number of thioether (sulfide) groups is 1. The molecule has 1 aliphatic heterocycles. The first kappa shape index (κ1) is 14.9. The quantitative estimate of drug-likeness (QED) is 0.770. The van der Waals surface area contributed by atoms with E-state index < -0.39 is 0 Å². The van der Waals surface area contributed by atoms with Crippen LogP contribution in [0.2, 0.25) is 0 Å². The minimum absolute atomic E-state index is 0.203. The third kappa shape index (κ3) is 5.17. The molecule has 0 aliphatic carbocycles. The van der Waals surface area contributed by atoms with Gasteiger partial charge in [0.1, 0.15) is 0 Å². The maximum absolute atomic E-state index is 10.0. The van der Waals surface area contributed by atoms with Crippen LogP contribution >= 0.6 is 11.8 Å². The Morgan fingerprint density at radius 1 is 1.42 bits per heavy atom. The average Bonchev–Trinajstić information content (AvgIpc) is 2.91. The Morgan fingerprint density at radius 2 is 2.26 bits per heavy atom. The summed E-state index contributed by atoms with van der Waals surface area (Å²) in [5, 5.41) is 10.0. The third-order valence-electron chi connectivity index (χ3n) is 3.61. The molecule has 0 spiro atoms. The Hall–Kier alpha value is -0.510. The second-order valence-corrected chi connectivity index (χ2v) is 6.36. The number of aliphatic hydroxyl groups is 1. The highest BCUT2D eigenvalue weighted by atomic mass is 32.2. The zero-order chi connectivity index (χ0) is 13.5. The van der Waals surface area contributed by atoms with Crippen LogP contribution in [0.5, 0.6) is 0 Å². The van der Waals surface area contributed by atoms with Crippen molar-refractivity contribution >= 4 is 11.8 Å². The van der Waals surface area contributed by atoms with Crippen molar-refractivity contribution in [3.63, 3.8) is 0 Å². The van der Waals surface area contributed by atoms with E-state index in [2.05, 4.69) is 31.2 Å². The van der Waals surface area contributed by atoms with E-state index in [0.29, 0.717) is 6.10 Å². The fourth-order valence-corrected chi connectivity index (χ4v) is 3.45. The highest BCUT2D eigenvalue weighted by Gasteiger charge is 2.15. The van der Waals surface area contributed by atoms with Crippen molar-refractivity contribution in [2.45, 2.75) is 56.1 Å². The molecular formula is C16H24O2S. The van der Waals surface area contributed by atoms with Gasteiger partial charge in [-0.1, -0.05) is 18.2 Å². The highest BCUT2D eigenvalue weighted by molar-refractivity contribution is 7.99. The molecule has 0 aromatic heterocycles. The summed E-state index contributed by atoms with van der Waals surface area (Å²) in [7, 11) is 0. The Bertz CT molecular complexity index is 375. The normalized spacial score (nSPS) is 20.6. The van der Waals surface area contributed by atoms with Crippen LogP contribution in [-0.2, 0) is 4.74 Å². The van der Waals surface area contributed by atoms with Gasteiger partial charge < -0.3 is 9.84 Å². The number of rotatable bonds is 7. The molecule has 3 heteroatoms. The van der Waals surface area contributed by atoms with E-state index in [-0.39, 0.29) is 6.10 Å². The average molecular weight is 280 g/mol. The largest absolute Gasteiger partial charge is 0.392 e. The molecule has 106 valence electrons. The maximum atomic E-state index is 10.0. The lowest BCUT2D eigenvalue weighted by molar-refractivity contribution is 0.0966. The van der Waals surface area contributed by atoms with E-state index in [1.54, 1.807) is 11.8 Å². The molecule has 2 unspecified atom stereocenters. The van der Waals surface area contributed by atoms with E-state index in [4.69, 9.17) is 4.74 Å². The van der Waals surface area contributed by atoms with Crippen LogP contribution in [0.3, 0.4) is 0 Å². The van der Waals surface area contributed by atoms with Crippen molar-refractivity contribution < 1.29 is 9.84 Å². The molecule has 2 rings (SSSR count). The first-order chi connectivity index (χ1) is 9.25. The van der Waals surface area contributed by atoms with Crippen LogP contribution in [0.25, 0.3) is 0 Å². The van der Waals surface area contributed by atoms with Crippen LogP contribution in [0.1, 0.15) is 37.7 Å². The third-order valence-corrected chi connectivity index (χ3v) is 4.93. The summed E-state index contributed by atoms with van der Waals surface area (Å²) in [4.78, 5) is 1.28. The molecule has 0 saturated carbocycles. The van der Waals surface area contributed by atoms with E-state index in [1.165, 1.54) is 23.3 Å². The van der Waals surface area contributed by atoms with Gasteiger partial charge in [-0.05, 0) is 50.7 Å². The maximum Gasteiger partial charge on any atom is 0.0634 e. The second-order valence-electron chi connectivity index (χ2n) is 5.30. The lowest BCUT2D eigenvalue weighted by Crippen LogP contribution is -2.12. The molecule has 1 aromatic rings. The first-order valence-electron chi connectivity index (χ1n) is 7.24. The summed E-state index contributed by atoms with van der Waals surface area (Å²) in [5.41, 5.74) is 1.29. The fraction of sp³-hybridized carbons (Fsp3) is 0.625.